The lowest BCUT2D eigenvalue weighted by Crippen LogP contribution is -2.40. The molecule has 1 aromatic rings. The number of carbonyl (C=O) groups excluding carboxylic acids is 1. The predicted molar refractivity (Wildman–Crippen MR) is 67.5 cm³/mol. The Balaban J connectivity index is 2.24. The number of rotatable bonds is 1. The topological polar surface area (TPSA) is 38.1 Å². The monoisotopic (exact) mass is 255 g/mol. The molecule has 1 saturated heterocycles. The van der Waals surface area contributed by atoms with E-state index >= 15 is 0 Å². The van der Waals surface area contributed by atoms with Crippen LogP contribution in [-0.2, 0) is 7.05 Å². The van der Waals surface area contributed by atoms with Gasteiger partial charge in [0.05, 0.1) is 16.6 Å². The van der Waals surface area contributed by atoms with E-state index in [1.807, 2.05) is 25.8 Å². The number of carbonyl (C=O) groups is 1. The van der Waals surface area contributed by atoms with Crippen molar-refractivity contribution in [3.63, 3.8) is 0 Å². The van der Waals surface area contributed by atoms with Crippen LogP contribution < -0.4 is 0 Å². The van der Waals surface area contributed by atoms with Gasteiger partial charge >= 0.3 is 0 Å². The third-order valence-corrected chi connectivity index (χ3v) is 3.73. The minimum Gasteiger partial charge on any atom is -0.337 e. The van der Waals surface area contributed by atoms with E-state index in [9.17, 15) is 4.79 Å². The number of hydrogen-bond acceptors (Lipinski definition) is 2. The molecule has 1 atom stereocenters. The molecule has 5 heteroatoms. The van der Waals surface area contributed by atoms with Crippen molar-refractivity contribution in [2.24, 2.45) is 7.05 Å². The first kappa shape index (κ1) is 12.4. The van der Waals surface area contributed by atoms with Crippen LogP contribution in [0, 0.1) is 13.8 Å². The van der Waals surface area contributed by atoms with Gasteiger partial charge in [-0.3, -0.25) is 9.48 Å². The normalized spacial score (nSPS) is 20.7. The number of hydrogen-bond donors (Lipinski definition) is 0. The standard InChI is InChI=1S/C12H18ClN3O/c1-8-11(9(2)15(3)14-8)12(17)16-6-4-5-10(13)7-16/h10H,4-7H2,1-3H3. The quantitative estimate of drug-likeness (QED) is 0.719. The van der Waals surface area contributed by atoms with Crippen molar-refractivity contribution in [2.45, 2.75) is 32.1 Å². The van der Waals surface area contributed by atoms with Crippen LogP contribution in [0.4, 0.5) is 0 Å². The first-order valence-corrected chi connectivity index (χ1v) is 6.38. The Morgan fingerprint density at radius 2 is 2.18 bits per heavy atom. The van der Waals surface area contributed by atoms with E-state index in [0.29, 0.717) is 6.54 Å². The summed E-state index contributed by atoms with van der Waals surface area (Å²) in [5.74, 6) is 0.0680. The molecule has 0 spiro atoms. The van der Waals surface area contributed by atoms with Crippen LogP contribution in [0.1, 0.15) is 34.6 Å². The van der Waals surface area contributed by atoms with Crippen LogP contribution >= 0.6 is 11.6 Å². The van der Waals surface area contributed by atoms with Gasteiger partial charge in [-0.1, -0.05) is 0 Å². The Labute approximate surface area is 107 Å². The summed E-state index contributed by atoms with van der Waals surface area (Å²) in [4.78, 5) is 14.3. The summed E-state index contributed by atoms with van der Waals surface area (Å²) < 4.78 is 1.75. The van der Waals surface area contributed by atoms with Crippen LogP contribution in [0.3, 0.4) is 0 Å². The van der Waals surface area contributed by atoms with Crippen LogP contribution in [0.2, 0.25) is 0 Å². The van der Waals surface area contributed by atoms with E-state index < -0.39 is 0 Å². The molecular formula is C12H18ClN3O. The average Bonchev–Trinajstić information content (AvgIpc) is 2.52. The van der Waals surface area contributed by atoms with Crippen molar-refractivity contribution in [2.75, 3.05) is 13.1 Å². The SMILES string of the molecule is Cc1nn(C)c(C)c1C(=O)N1CCCC(Cl)C1. The summed E-state index contributed by atoms with van der Waals surface area (Å²) >= 11 is 6.11. The number of aryl methyl sites for hydroxylation is 2. The average molecular weight is 256 g/mol. The van der Waals surface area contributed by atoms with Crippen molar-refractivity contribution in [1.29, 1.82) is 0 Å². The summed E-state index contributed by atoms with van der Waals surface area (Å²) in [7, 11) is 1.86. The number of alkyl halides is 1. The van der Waals surface area contributed by atoms with Gasteiger partial charge in [-0.2, -0.15) is 5.10 Å². The predicted octanol–water partition coefficient (Wildman–Crippen LogP) is 1.88. The van der Waals surface area contributed by atoms with E-state index in [4.69, 9.17) is 11.6 Å². The van der Waals surface area contributed by atoms with E-state index in [-0.39, 0.29) is 11.3 Å². The van der Waals surface area contributed by atoms with Crippen LogP contribution in [0.5, 0.6) is 0 Å². The van der Waals surface area contributed by atoms with E-state index in [2.05, 4.69) is 5.10 Å². The van der Waals surface area contributed by atoms with E-state index in [1.165, 1.54) is 0 Å². The lowest BCUT2D eigenvalue weighted by Gasteiger charge is -2.29. The maximum atomic E-state index is 12.4. The second-order valence-electron chi connectivity index (χ2n) is 4.66. The number of nitrogens with zero attached hydrogens (tertiary/aromatic N) is 3. The van der Waals surface area contributed by atoms with Crippen molar-refractivity contribution >= 4 is 17.5 Å². The van der Waals surface area contributed by atoms with Gasteiger partial charge in [-0.05, 0) is 26.7 Å². The third-order valence-electron chi connectivity index (χ3n) is 3.37. The number of halogens is 1. The molecule has 1 aliphatic rings. The Hall–Kier alpha value is -1.03. The maximum Gasteiger partial charge on any atom is 0.257 e. The molecule has 2 rings (SSSR count). The van der Waals surface area contributed by atoms with Gasteiger partial charge in [0.1, 0.15) is 0 Å². The molecule has 0 saturated carbocycles. The van der Waals surface area contributed by atoms with Crippen molar-refractivity contribution in [3.8, 4) is 0 Å². The second-order valence-corrected chi connectivity index (χ2v) is 5.28. The number of likely N-dealkylation sites (tertiary alicyclic amines) is 1. The molecule has 1 fully saturated rings. The minimum absolute atomic E-state index is 0.0680. The molecule has 0 aliphatic carbocycles. The molecule has 4 nitrogen and oxygen atoms in total. The third kappa shape index (κ3) is 2.32. The molecule has 94 valence electrons. The molecule has 1 amide bonds. The zero-order valence-electron chi connectivity index (χ0n) is 10.5. The Bertz CT molecular complexity index is 441. The van der Waals surface area contributed by atoms with Gasteiger partial charge in [0, 0.05) is 25.8 Å². The van der Waals surface area contributed by atoms with Gasteiger partial charge in [-0.15, -0.1) is 11.6 Å². The molecule has 1 aromatic heterocycles. The van der Waals surface area contributed by atoms with Crippen molar-refractivity contribution in [1.82, 2.24) is 14.7 Å². The number of amides is 1. The number of aromatic nitrogens is 2. The zero-order chi connectivity index (χ0) is 12.6. The first-order valence-electron chi connectivity index (χ1n) is 5.94. The first-order chi connectivity index (χ1) is 8.00. The van der Waals surface area contributed by atoms with E-state index in [1.54, 1.807) is 4.68 Å². The molecule has 0 bridgehead atoms. The molecule has 0 radical (unpaired) electrons. The molecule has 1 unspecified atom stereocenters. The van der Waals surface area contributed by atoms with Crippen LogP contribution in [0.25, 0.3) is 0 Å². The Morgan fingerprint density at radius 1 is 1.47 bits per heavy atom. The highest BCUT2D eigenvalue weighted by Crippen LogP contribution is 2.20. The molecule has 17 heavy (non-hydrogen) atoms. The van der Waals surface area contributed by atoms with Gasteiger partial charge < -0.3 is 4.90 Å². The highest BCUT2D eigenvalue weighted by Gasteiger charge is 2.26. The van der Waals surface area contributed by atoms with Gasteiger partial charge in [0.15, 0.2) is 0 Å². The summed E-state index contributed by atoms with van der Waals surface area (Å²) in [5, 5.41) is 4.37. The van der Waals surface area contributed by atoms with Crippen molar-refractivity contribution < 1.29 is 4.79 Å². The van der Waals surface area contributed by atoms with Crippen molar-refractivity contribution in [3.05, 3.63) is 17.0 Å². The van der Waals surface area contributed by atoms with Crippen LogP contribution in [-0.4, -0.2) is 39.1 Å². The summed E-state index contributed by atoms with van der Waals surface area (Å²) in [6, 6.07) is 0. The zero-order valence-corrected chi connectivity index (χ0v) is 11.3. The lowest BCUT2D eigenvalue weighted by molar-refractivity contribution is 0.0725. The highest BCUT2D eigenvalue weighted by molar-refractivity contribution is 6.21. The Kier molecular flexibility index (Phi) is 3.43. The number of piperidine rings is 1. The Morgan fingerprint density at radius 3 is 2.71 bits per heavy atom. The molecule has 2 heterocycles. The fraction of sp³-hybridized carbons (Fsp3) is 0.667. The molecular weight excluding hydrogens is 238 g/mol. The molecule has 0 N–H and O–H groups in total. The highest BCUT2D eigenvalue weighted by atomic mass is 35.5. The maximum absolute atomic E-state index is 12.4. The second kappa shape index (κ2) is 4.69. The molecule has 1 aliphatic heterocycles. The smallest absolute Gasteiger partial charge is 0.257 e. The van der Waals surface area contributed by atoms with Gasteiger partial charge in [0.25, 0.3) is 5.91 Å². The van der Waals surface area contributed by atoms with Gasteiger partial charge in [0.2, 0.25) is 0 Å². The summed E-state index contributed by atoms with van der Waals surface area (Å²) in [5.41, 5.74) is 2.45. The summed E-state index contributed by atoms with van der Waals surface area (Å²) in [6.07, 6.45) is 1.98. The summed E-state index contributed by atoms with van der Waals surface area (Å²) in [6.45, 7) is 5.25. The fourth-order valence-corrected chi connectivity index (χ4v) is 2.67. The largest absolute Gasteiger partial charge is 0.337 e. The lowest BCUT2D eigenvalue weighted by atomic mass is 10.1. The fourth-order valence-electron chi connectivity index (χ4n) is 2.35. The van der Waals surface area contributed by atoms with Gasteiger partial charge in [-0.25, -0.2) is 0 Å². The van der Waals surface area contributed by atoms with E-state index in [0.717, 1.165) is 36.3 Å². The molecule has 0 aromatic carbocycles. The van der Waals surface area contributed by atoms with Crippen LogP contribution in [0.15, 0.2) is 0 Å². The minimum atomic E-state index is 0.0680.